The Kier molecular flexibility index (Phi) is 2.01. The second-order valence-electron chi connectivity index (χ2n) is 2.85. The van der Waals surface area contributed by atoms with Gasteiger partial charge in [0.2, 0.25) is 0 Å². The van der Waals surface area contributed by atoms with E-state index in [2.05, 4.69) is 6.58 Å². The molecule has 0 atom stereocenters. The molecule has 2 rings (SSSR count). The zero-order chi connectivity index (χ0) is 11.1. The minimum absolute atomic E-state index is 0.0920. The molecule has 78 valence electrons. The summed E-state index contributed by atoms with van der Waals surface area (Å²) in [5, 5.41) is 0. The van der Waals surface area contributed by atoms with Crippen LogP contribution in [0.1, 0.15) is 10.4 Å². The summed E-state index contributed by atoms with van der Waals surface area (Å²) in [7, 11) is -3.78. The summed E-state index contributed by atoms with van der Waals surface area (Å²) in [5.74, 6) is -0.541. The molecule has 0 unspecified atom stereocenters. The molecule has 0 bridgehead atoms. The van der Waals surface area contributed by atoms with Crippen molar-refractivity contribution in [2.75, 3.05) is 0 Å². The maximum Gasteiger partial charge on any atom is 0.268 e. The Morgan fingerprint density at radius 2 is 2.13 bits per heavy atom. The molecule has 1 N–H and O–H groups in total. The summed E-state index contributed by atoms with van der Waals surface area (Å²) in [4.78, 5) is 11.1. The molecule has 6 heteroatoms. The van der Waals surface area contributed by atoms with Crippen molar-refractivity contribution in [2.24, 2.45) is 0 Å². The fourth-order valence-corrected chi connectivity index (χ4v) is 2.67. The van der Waals surface area contributed by atoms with Crippen LogP contribution in [0.4, 0.5) is 0 Å². The molecule has 1 aliphatic heterocycles. The summed E-state index contributed by atoms with van der Waals surface area (Å²) in [6, 6.07) is 4.42. The Labute approximate surface area is 86.4 Å². The van der Waals surface area contributed by atoms with Crippen molar-refractivity contribution in [2.45, 2.75) is 4.90 Å². The highest BCUT2D eigenvalue weighted by molar-refractivity contribution is 7.90. The fourth-order valence-electron chi connectivity index (χ4n) is 1.38. The summed E-state index contributed by atoms with van der Waals surface area (Å²) >= 11 is 0. The first-order chi connectivity index (χ1) is 7.06. The van der Waals surface area contributed by atoms with E-state index >= 15 is 0 Å². The number of nitrogens with one attached hydrogen (secondary N) is 1. The van der Waals surface area contributed by atoms with Crippen LogP contribution in [0, 0.1) is 0 Å². The lowest BCUT2D eigenvalue weighted by molar-refractivity contribution is 0.0985. The van der Waals surface area contributed by atoms with E-state index in [9.17, 15) is 13.2 Å². The number of hydrogen-bond donors (Lipinski definition) is 1. The minimum atomic E-state index is -3.78. The number of carbonyl (C=O) groups is 1. The Bertz CT molecular complexity index is 547. The number of amides is 1. The number of benzene rings is 1. The van der Waals surface area contributed by atoms with Gasteiger partial charge in [0, 0.05) is 0 Å². The molecule has 0 aromatic heterocycles. The van der Waals surface area contributed by atoms with E-state index in [-0.39, 0.29) is 16.2 Å². The number of sulfonamides is 1. The monoisotopic (exact) mass is 225 g/mol. The van der Waals surface area contributed by atoms with Gasteiger partial charge in [-0.1, -0.05) is 12.6 Å². The lowest BCUT2D eigenvalue weighted by Crippen LogP contribution is -2.20. The minimum Gasteiger partial charge on any atom is -0.464 e. The molecule has 1 amide bonds. The molecule has 1 heterocycles. The van der Waals surface area contributed by atoms with Gasteiger partial charge in [0.15, 0.2) is 0 Å². The Hall–Kier alpha value is -1.82. The van der Waals surface area contributed by atoms with Crippen molar-refractivity contribution >= 4 is 15.9 Å². The van der Waals surface area contributed by atoms with E-state index in [0.717, 1.165) is 6.26 Å². The molecule has 15 heavy (non-hydrogen) atoms. The first-order valence-electron chi connectivity index (χ1n) is 4.04. The standard InChI is InChI=1S/C9H7NO4S/c1-2-14-7-5-3-4-6-8(7)15(12,13)10-9(6)11/h2-5H,1H2,(H,10,11). The van der Waals surface area contributed by atoms with Crippen molar-refractivity contribution in [3.8, 4) is 5.75 Å². The van der Waals surface area contributed by atoms with Gasteiger partial charge in [-0.25, -0.2) is 13.1 Å². The van der Waals surface area contributed by atoms with E-state index in [1.54, 1.807) is 0 Å². The number of fused-ring (bicyclic) bond motifs is 1. The third kappa shape index (κ3) is 1.39. The van der Waals surface area contributed by atoms with E-state index < -0.39 is 15.9 Å². The van der Waals surface area contributed by atoms with Crippen LogP contribution in [0.2, 0.25) is 0 Å². The Morgan fingerprint density at radius 1 is 1.40 bits per heavy atom. The molecule has 1 aromatic rings. The number of hydrogen-bond acceptors (Lipinski definition) is 4. The third-order valence-electron chi connectivity index (χ3n) is 1.93. The third-order valence-corrected chi connectivity index (χ3v) is 3.34. The fraction of sp³-hybridized carbons (Fsp3) is 0. The van der Waals surface area contributed by atoms with Gasteiger partial charge < -0.3 is 4.74 Å². The lowest BCUT2D eigenvalue weighted by Gasteiger charge is -2.03. The van der Waals surface area contributed by atoms with Gasteiger partial charge in [-0.05, 0) is 12.1 Å². The second-order valence-corrected chi connectivity index (χ2v) is 4.47. The zero-order valence-electron chi connectivity index (χ0n) is 7.56. The highest BCUT2D eigenvalue weighted by Gasteiger charge is 2.35. The molecule has 0 fully saturated rings. The van der Waals surface area contributed by atoms with E-state index in [1.807, 2.05) is 4.72 Å². The first kappa shape index (κ1) is 9.72. The van der Waals surface area contributed by atoms with Crippen LogP contribution in [0.5, 0.6) is 5.75 Å². The second kappa shape index (κ2) is 3.09. The van der Waals surface area contributed by atoms with Crippen LogP contribution >= 0.6 is 0 Å². The van der Waals surface area contributed by atoms with Crippen molar-refractivity contribution in [3.05, 3.63) is 36.6 Å². The molecule has 5 nitrogen and oxygen atoms in total. The average molecular weight is 225 g/mol. The maximum atomic E-state index is 11.5. The van der Waals surface area contributed by atoms with Gasteiger partial charge in [0.05, 0.1) is 11.8 Å². The van der Waals surface area contributed by atoms with Crippen LogP contribution in [-0.2, 0) is 10.0 Å². The molecule has 0 saturated heterocycles. The maximum absolute atomic E-state index is 11.5. The molecule has 0 radical (unpaired) electrons. The van der Waals surface area contributed by atoms with E-state index in [0.29, 0.717) is 0 Å². The van der Waals surface area contributed by atoms with Crippen LogP contribution in [-0.4, -0.2) is 14.3 Å². The van der Waals surface area contributed by atoms with E-state index in [1.165, 1.54) is 18.2 Å². The predicted molar refractivity (Wildman–Crippen MR) is 51.9 cm³/mol. The Balaban J connectivity index is 2.75. The van der Waals surface area contributed by atoms with Crippen LogP contribution in [0.15, 0.2) is 35.9 Å². The van der Waals surface area contributed by atoms with Crippen molar-refractivity contribution in [3.63, 3.8) is 0 Å². The Morgan fingerprint density at radius 3 is 2.80 bits per heavy atom. The molecule has 1 aliphatic rings. The zero-order valence-corrected chi connectivity index (χ0v) is 8.37. The van der Waals surface area contributed by atoms with Crippen molar-refractivity contribution in [1.82, 2.24) is 4.72 Å². The average Bonchev–Trinajstić information content (AvgIpc) is 2.39. The van der Waals surface area contributed by atoms with Crippen LogP contribution < -0.4 is 9.46 Å². The van der Waals surface area contributed by atoms with Crippen molar-refractivity contribution < 1.29 is 17.9 Å². The van der Waals surface area contributed by atoms with Crippen LogP contribution in [0.3, 0.4) is 0 Å². The van der Waals surface area contributed by atoms with E-state index in [4.69, 9.17) is 4.74 Å². The molecule has 0 saturated carbocycles. The normalized spacial score (nSPS) is 16.7. The highest BCUT2D eigenvalue weighted by Crippen LogP contribution is 2.31. The topological polar surface area (TPSA) is 72.5 Å². The van der Waals surface area contributed by atoms with Gasteiger partial charge in [0.1, 0.15) is 10.6 Å². The first-order valence-corrected chi connectivity index (χ1v) is 5.52. The summed E-state index contributed by atoms with van der Waals surface area (Å²) in [5.41, 5.74) is 0.0920. The molecule has 0 aliphatic carbocycles. The molecular weight excluding hydrogens is 218 g/mol. The molecule has 0 spiro atoms. The van der Waals surface area contributed by atoms with Gasteiger partial charge in [0.25, 0.3) is 15.9 Å². The summed E-state index contributed by atoms with van der Waals surface area (Å²) < 4.78 is 29.8. The van der Waals surface area contributed by atoms with Gasteiger partial charge >= 0.3 is 0 Å². The summed E-state index contributed by atoms with van der Waals surface area (Å²) in [6.45, 7) is 3.33. The van der Waals surface area contributed by atoms with Gasteiger partial charge in [-0.15, -0.1) is 0 Å². The highest BCUT2D eigenvalue weighted by atomic mass is 32.2. The van der Waals surface area contributed by atoms with Crippen LogP contribution in [0.25, 0.3) is 0 Å². The molecule has 1 aromatic carbocycles. The summed E-state index contributed by atoms with van der Waals surface area (Å²) in [6.07, 6.45) is 1.11. The lowest BCUT2D eigenvalue weighted by atomic mass is 10.2. The largest absolute Gasteiger partial charge is 0.464 e. The SMILES string of the molecule is C=COc1cccc2c1S(=O)(=O)NC2=O. The number of ether oxygens (including phenoxy) is 1. The van der Waals surface area contributed by atoms with Gasteiger partial charge in [-0.3, -0.25) is 4.79 Å². The number of rotatable bonds is 2. The number of carbonyl (C=O) groups excluding carboxylic acids is 1. The van der Waals surface area contributed by atoms with Crippen molar-refractivity contribution in [1.29, 1.82) is 0 Å². The smallest absolute Gasteiger partial charge is 0.268 e. The molecular formula is C9H7NO4S. The quantitative estimate of drug-likeness (QED) is 0.750. The van der Waals surface area contributed by atoms with Gasteiger partial charge in [-0.2, -0.15) is 0 Å². The predicted octanol–water partition coefficient (Wildman–Crippen LogP) is 0.641.